The van der Waals surface area contributed by atoms with E-state index in [2.05, 4.69) is 9.84 Å². The van der Waals surface area contributed by atoms with Crippen LogP contribution in [0.2, 0.25) is 0 Å². The average molecular weight is 297 g/mol. The van der Waals surface area contributed by atoms with E-state index >= 15 is 0 Å². The molecule has 0 saturated heterocycles. The lowest BCUT2D eigenvalue weighted by atomic mass is 10.2. The minimum atomic E-state index is -4.69. The Morgan fingerprint density at radius 3 is 2.65 bits per heavy atom. The van der Waals surface area contributed by atoms with Crippen LogP contribution in [0.3, 0.4) is 0 Å². The lowest BCUT2D eigenvalue weighted by Crippen LogP contribution is -2.21. The Bertz CT molecular complexity index is 513. The van der Waals surface area contributed by atoms with Gasteiger partial charge in [-0.3, -0.25) is 10.1 Å². The third-order valence-electron chi connectivity index (χ3n) is 2.24. The van der Waals surface area contributed by atoms with Crippen molar-refractivity contribution in [2.75, 3.05) is 6.61 Å². The maximum Gasteiger partial charge on any atom is 0.422 e. The monoisotopic (exact) mass is 297 g/mol. The molecule has 0 saturated carbocycles. The van der Waals surface area contributed by atoms with E-state index in [1.807, 2.05) is 0 Å². The van der Waals surface area contributed by atoms with Crippen LogP contribution in [0.15, 0.2) is 6.20 Å². The van der Waals surface area contributed by atoms with Crippen molar-refractivity contribution in [3.8, 4) is 5.88 Å². The third-order valence-corrected chi connectivity index (χ3v) is 2.24. The number of ether oxygens (including phenoxy) is 1. The Labute approximate surface area is 109 Å². The van der Waals surface area contributed by atoms with Gasteiger partial charge in [-0.25, -0.2) is 9.48 Å². The summed E-state index contributed by atoms with van der Waals surface area (Å²) in [6, 6.07) is -1.23. The van der Waals surface area contributed by atoms with Gasteiger partial charge in [-0.1, -0.05) is 6.92 Å². The van der Waals surface area contributed by atoms with Crippen LogP contribution >= 0.6 is 0 Å². The Balaban J connectivity index is 3.07. The molecule has 1 unspecified atom stereocenters. The molecule has 0 aliphatic heterocycles. The molecule has 0 spiro atoms. The summed E-state index contributed by atoms with van der Waals surface area (Å²) in [5.41, 5.74) is -0.825. The molecule has 0 bridgehead atoms. The number of hydrogen-bond donors (Lipinski definition) is 1. The van der Waals surface area contributed by atoms with Crippen LogP contribution in [0.4, 0.5) is 18.9 Å². The quantitative estimate of drug-likeness (QED) is 0.633. The fourth-order valence-corrected chi connectivity index (χ4v) is 1.38. The number of halogens is 3. The maximum atomic E-state index is 12.0. The number of aromatic nitrogens is 2. The molecule has 8 nitrogen and oxygen atoms in total. The van der Waals surface area contributed by atoms with E-state index in [1.54, 1.807) is 0 Å². The number of aliphatic carboxylic acids is 1. The first-order valence-corrected chi connectivity index (χ1v) is 5.31. The van der Waals surface area contributed by atoms with Gasteiger partial charge < -0.3 is 9.84 Å². The average Bonchev–Trinajstić information content (AvgIpc) is 2.70. The summed E-state index contributed by atoms with van der Waals surface area (Å²) in [6.45, 7) is -0.267. The van der Waals surface area contributed by atoms with Gasteiger partial charge in [0.25, 0.3) is 0 Å². The molecule has 1 rings (SSSR count). The fraction of sp³-hybridized carbons (Fsp3) is 0.556. The van der Waals surface area contributed by atoms with Crippen LogP contribution in [-0.2, 0) is 4.79 Å². The highest BCUT2D eigenvalue weighted by atomic mass is 19.4. The standard InChI is InChI=1S/C9H10F3N3O5/c1-2-5(8(16)17)14-3-6(15(18)19)7(13-14)20-4-9(10,11)12/h3,5H,2,4H2,1H3,(H,16,17). The van der Waals surface area contributed by atoms with Gasteiger partial charge in [0, 0.05) is 0 Å². The predicted octanol–water partition coefficient (Wildman–Crippen LogP) is 1.77. The van der Waals surface area contributed by atoms with Crippen molar-refractivity contribution in [3.63, 3.8) is 0 Å². The summed E-state index contributed by atoms with van der Waals surface area (Å²) < 4.78 is 41.0. The summed E-state index contributed by atoms with van der Waals surface area (Å²) >= 11 is 0. The number of carboxylic acids is 1. The van der Waals surface area contributed by atoms with Gasteiger partial charge in [0.2, 0.25) is 0 Å². The normalized spacial score (nSPS) is 13.0. The number of nitro groups is 1. The molecule has 20 heavy (non-hydrogen) atoms. The molecule has 0 aliphatic rings. The second-order valence-electron chi connectivity index (χ2n) is 3.72. The molecular weight excluding hydrogens is 287 g/mol. The van der Waals surface area contributed by atoms with Crippen LogP contribution in [0.5, 0.6) is 5.88 Å². The molecule has 1 N–H and O–H groups in total. The van der Waals surface area contributed by atoms with Crippen molar-refractivity contribution >= 4 is 11.7 Å². The highest BCUT2D eigenvalue weighted by Gasteiger charge is 2.32. The minimum Gasteiger partial charge on any atom is -0.480 e. The van der Waals surface area contributed by atoms with Gasteiger partial charge in [0.15, 0.2) is 6.61 Å². The van der Waals surface area contributed by atoms with E-state index < -0.39 is 41.3 Å². The third kappa shape index (κ3) is 3.83. The van der Waals surface area contributed by atoms with E-state index in [0.717, 1.165) is 6.20 Å². The molecule has 1 aromatic rings. The van der Waals surface area contributed by atoms with E-state index in [4.69, 9.17) is 5.11 Å². The topological polar surface area (TPSA) is 107 Å². The van der Waals surface area contributed by atoms with Gasteiger partial charge in [0.05, 0.1) is 4.92 Å². The summed E-state index contributed by atoms with van der Waals surface area (Å²) in [5, 5.41) is 23.0. The van der Waals surface area contributed by atoms with Crippen molar-refractivity contribution in [2.45, 2.75) is 25.6 Å². The molecule has 0 amide bonds. The molecule has 11 heteroatoms. The Hall–Kier alpha value is -2.33. The second-order valence-corrected chi connectivity index (χ2v) is 3.72. The van der Waals surface area contributed by atoms with Gasteiger partial charge >= 0.3 is 23.7 Å². The van der Waals surface area contributed by atoms with Crippen LogP contribution in [0.1, 0.15) is 19.4 Å². The zero-order valence-electron chi connectivity index (χ0n) is 10.1. The second kappa shape index (κ2) is 5.75. The zero-order valence-corrected chi connectivity index (χ0v) is 10.1. The first-order chi connectivity index (χ1) is 9.15. The number of carboxylic acid groups (broad SMARTS) is 1. The molecular formula is C9H10F3N3O5. The number of nitrogens with zero attached hydrogens (tertiary/aromatic N) is 3. The number of rotatable bonds is 6. The van der Waals surface area contributed by atoms with Crippen molar-refractivity contribution in [1.29, 1.82) is 0 Å². The van der Waals surface area contributed by atoms with Gasteiger partial charge in [0.1, 0.15) is 12.2 Å². The first kappa shape index (κ1) is 15.7. The number of carbonyl (C=O) groups is 1. The van der Waals surface area contributed by atoms with E-state index in [-0.39, 0.29) is 6.42 Å². The van der Waals surface area contributed by atoms with Crippen LogP contribution in [0, 0.1) is 10.1 Å². The highest BCUT2D eigenvalue weighted by molar-refractivity contribution is 5.71. The Morgan fingerprint density at radius 1 is 1.65 bits per heavy atom. The molecule has 1 aromatic heterocycles. The maximum absolute atomic E-state index is 12.0. The minimum absolute atomic E-state index is 0.0485. The van der Waals surface area contributed by atoms with Crippen molar-refractivity contribution in [3.05, 3.63) is 16.3 Å². The fourth-order valence-electron chi connectivity index (χ4n) is 1.38. The predicted molar refractivity (Wildman–Crippen MR) is 57.4 cm³/mol. The molecule has 0 aliphatic carbocycles. The van der Waals surface area contributed by atoms with Gasteiger partial charge in [-0.2, -0.15) is 13.2 Å². The van der Waals surface area contributed by atoms with Crippen LogP contribution < -0.4 is 4.74 Å². The van der Waals surface area contributed by atoms with Crippen molar-refractivity contribution in [2.24, 2.45) is 0 Å². The van der Waals surface area contributed by atoms with E-state index in [0.29, 0.717) is 4.68 Å². The van der Waals surface area contributed by atoms with Gasteiger partial charge in [-0.05, 0) is 6.42 Å². The van der Waals surface area contributed by atoms with Crippen LogP contribution in [0.25, 0.3) is 0 Å². The summed E-state index contributed by atoms with van der Waals surface area (Å²) in [6.07, 6.45) is -3.91. The summed E-state index contributed by atoms with van der Waals surface area (Å²) in [5.74, 6) is -2.18. The molecule has 1 heterocycles. The summed E-state index contributed by atoms with van der Waals surface area (Å²) in [7, 11) is 0. The molecule has 1 atom stereocenters. The Morgan fingerprint density at radius 2 is 2.25 bits per heavy atom. The van der Waals surface area contributed by atoms with Gasteiger partial charge in [-0.15, -0.1) is 5.10 Å². The van der Waals surface area contributed by atoms with Crippen molar-refractivity contribution in [1.82, 2.24) is 9.78 Å². The molecule has 0 radical (unpaired) electrons. The number of alkyl halides is 3. The van der Waals surface area contributed by atoms with Crippen LogP contribution in [-0.4, -0.2) is 38.6 Å². The lowest BCUT2D eigenvalue weighted by molar-refractivity contribution is -0.386. The highest BCUT2D eigenvalue weighted by Crippen LogP contribution is 2.29. The number of hydrogen-bond acceptors (Lipinski definition) is 5. The SMILES string of the molecule is CCC(C(=O)O)n1cc([N+](=O)[O-])c(OCC(F)(F)F)n1. The molecule has 0 fully saturated rings. The molecule has 112 valence electrons. The first-order valence-electron chi connectivity index (χ1n) is 5.31. The smallest absolute Gasteiger partial charge is 0.422 e. The largest absolute Gasteiger partial charge is 0.480 e. The summed E-state index contributed by atoms with van der Waals surface area (Å²) in [4.78, 5) is 20.6. The van der Waals surface area contributed by atoms with E-state index in [1.165, 1.54) is 6.92 Å². The molecule has 0 aromatic carbocycles. The lowest BCUT2D eigenvalue weighted by Gasteiger charge is -2.09. The Kier molecular flexibility index (Phi) is 4.53. The van der Waals surface area contributed by atoms with Crippen molar-refractivity contribution < 1.29 is 32.7 Å². The van der Waals surface area contributed by atoms with E-state index in [9.17, 15) is 28.1 Å². The zero-order chi connectivity index (χ0) is 15.5.